The average molecular weight is 473 g/mol. The van der Waals surface area contributed by atoms with Gasteiger partial charge >= 0.3 is 0 Å². The molecule has 3 aromatic rings. The van der Waals surface area contributed by atoms with Crippen molar-refractivity contribution in [1.29, 1.82) is 0 Å². The van der Waals surface area contributed by atoms with Crippen molar-refractivity contribution in [3.05, 3.63) is 119 Å². The number of hydrogen-bond acceptors (Lipinski definition) is 5. The van der Waals surface area contributed by atoms with Crippen LogP contribution in [0.25, 0.3) is 0 Å². The molecule has 0 heterocycles. The van der Waals surface area contributed by atoms with Gasteiger partial charge < -0.3 is 19.3 Å². The Morgan fingerprint density at radius 3 is 1.69 bits per heavy atom. The van der Waals surface area contributed by atoms with Crippen LogP contribution in [0.15, 0.2) is 102 Å². The molecular formula is C30H32O5. The maximum Gasteiger partial charge on any atom is 0.162 e. The Morgan fingerprint density at radius 1 is 0.743 bits per heavy atom. The van der Waals surface area contributed by atoms with Gasteiger partial charge in [0.25, 0.3) is 0 Å². The zero-order valence-corrected chi connectivity index (χ0v) is 20.0. The molecule has 1 aliphatic carbocycles. The fourth-order valence-electron chi connectivity index (χ4n) is 4.24. The monoisotopic (exact) mass is 472 g/mol. The lowest BCUT2D eigenvalue weighted by Crippen LogP contribution is -2.48. The number of ether oxygens (including phenoxy) is 3. The molecule has 0 aliphatic heterocycles. The van der Waals surface area contributed by atoms with Crippen LogP contribution in [0.2, 0.25) is 0 Å². The van der Waals surface area contributed by atoms with Crippen LogP contribution in [0, 0.1) is 0 Å². The number of aliphatic hydroxyl groups is 1. The molecular weight excluding hydrogens is 440 g/mol. The molecule has 3 aromatic carbocycles. The summed E-state index contributed by atoms with van der Waals surface area (Å²) in [4.78, 5) is 12.7. The number of carbonyl (C=O) groups is 1. The second kappa shape index (κ2) is 12.5. The predicted octanol–water partition coefficient (Wildman–Crippen LogP) is 5.94. The molecule has 0 aromatic heterocycles. The molecule has 35 heavy (non-hydrogen) atoms. The van der Waals surface area contributed by atoms with E-state index in [0.717, 1.165) is 16.7 Å². The van der Waals surface area contributed by atoms with E-state index in [2.05, 4.69) is 0 Å². The number of ketones is 1. The van der Waals surface area contributed by atoms with E-state index in [-0.39, 0.29) is 24.6 Å². The van der Waals surface area contributed by atoms with Gasteiger partial charge in [0.15, 0.2) is 5.78 Å². The Balaban J connectivity index is 1.61. The van der Waals surface area contributed by atoms with E-state index < -0.39 is 18.3 Å². The lowest BCUT2D eigenvalue weighted by molar-refractivity contribution is -0.157. The van der Waals surface area contributed by atoms with Gasteiger partial charge in [-0.15, -0.1) is 0 Å². The number of rotatable bonds is 11. The van der Waals surface area contributed by atoms with Crippen molar-refractivity contribution in [2.75, 3.05) is 0 Å². The van der Waals surface area contributed by atoms with E-state index in [1.54, 1.807) is 6.92 Å². The van der Waals surface area contributed by atoms with E-state index in [1.165, 1.54) is 0 Å². The maximum absolute atomic E-state index is 12.7. The molecule has 0 spiro atoms. The van der Waals surface area contributed by atoms with Gasteiger partial charge in [-0.25, -0.2) is 0 Å². The molecule has 3 atom stereocenters. The highest BCUT2D eigenvalue weighted by Crippen LogP contribution is 2.33. The van der Waals surface area contributed by atoms with E-state index >= 15 is 0 Å². The number of benzene rings is 3. The Hall–Kier alpha value is -3.25. The summed E-state index contributed by atoms with van der Waals surface area (Å²) in [6, 6.07) is 29.5. The largest absolute Gasteiger partial charge is 0.509 e. The van der Waals surface area contributed by atoms with E-state index in [1.807, 2.05) is 91.0 Å². The van der Waals surface area contributed by atoms with Crippen molar-refractivity contribution in [3.8, 4) is 0 Å². The normalized spacial score (nSPS) is 20.1. The molecule has 0 bridgehead atoms. The molecule has 0 unspecified atom stereocenters. The summed E-state index contributed by atoms with van der Waals surface area (Å²) in [5.74, 6) is -0.156. The maximum atomic E-state index is 12.7. The fraction of sp³-hybridized carbons (Fsp3) is 0.300. The summed E-state index contributed by atoms with van der Waals surface area (Å²) in [5.41, 5.74) is 3.37. The molecule has 0 saturated carbocycles. The molecule has 1 aliphatic rings. The average Bonchev–Trinajstić information content (AvgIpc) is 2.92. The first kappa shape index (κ1) is 24.9. The molecule has 182 valence electrons. The molecule has 5 heteroatoms. The number of hydrogen-bond donors (Lipinski definition) is 1. The minimum Gasteiger partial charge on any atom is -0.509 e. The summed E-state index contributed by atoms with van der Waals surface area (Å²) >= 11 is 0. The van der Waals surface area contributed by atoms with Crippen molar-refractivity contribution >= 4 is 5.78 Å². The second-order valence-electron chi connectivity index (χ2n) is 8.66. The van der Waals surface area contributed by atoms with Crippen LogP contribution in [0.3, 0.4) is 0 Å². The third-order valence-electron chi connectivity index (χ3n) is 6.17. The Bertz CT molecular complexity index is 1100. The number of Topliss-reactive ketones (excluding diaryl/α,β-unsaturated/α-hetero) is 1. The lowest BCUT2D eigenvalue weighted by Gasteiger charge is -2.38. The third kappa shape index (κ3) is 6.67. The van der Waals surface area contributed by atoms with Crippen LogP contribution in [-0.2, 0) is 38.8 Å². The van der Waals surface area contributed by atoms with Crippen molar-refractivity contribution in [2.24, 2.45) is 0 Å². The lowest BCUT2D eigenvalue weighted by atomic mass is 9.87. The third-order valence-corrected chi connectivity index (χ3v) is 6.17. The van der Waals surface area contributed by atoms with Crippen LogP contribution in [-0.4, -0.2) is 29.2 Å². The zero-order valence-electron chi connectivity index (χ0n) is 20.0. The Labute approximate surface area is 207 Å². The van der Waals surface area contributed by atoms with Crippen molar-refractivity contribution in [2.45, 2.75) is 57.9 Å². The second-order valence-corrected chi connectivity index (χ2v) is 8.66. The quantitative estimate of drug-likeness (QED) is 0.374. The van der Waals surface area contributed by atoms with Crippen LogP contribution >= 0.6 is 0 Å². The van der Waals surface area contributed by atoms with E-state index in [0.29, 0.717) is 25.2 Å². The molecule has 0 amide bonds. The minimum absolute atomic E-state index is 0.0506. The van der Waals surface area contributed by atoms with Gasteiger partial charge in [0, 0.05) is 18.4 Å². The molecule has 0 saturated heterocycles. The van der Waals surface area contributed by atoms with Gasteiger partial charge in [-0.1, -0.05) is 97.9 Å². The first-order chi connectivity index (χ1) is 17.2. The van der Waals surface area contributed by atoms with Crippen molar-refractivity contribution in [3.63, 3.8) is 0 Å². The molecule has 5 nitrogen and oxygen atoms in total. The van der Waals surface area contributed by atoms with Crippen molar-refractivity contribution < 1.29 is 24.1 Å². The summed E-state index contributed by atoms with van der Waals surface area (Å²) < 4.78 is 18.9. The highest BCUT2D eigenvalue weighted by molar-refractivity contribution is 5.96. The summed E-state index contributed by atoms with van der Waals surface area (Å²) in [6.07, 6.45) is -1.29. The Morgan fingerprint density at radius 2 is 1.20 bits per heavy atom. The SMILES string of the molecule is CCC(=O)C1=C(O)[C@@H](OCc2ccccc2)[C@H](OCc2ccccc2)[C@@H](OCc2ccccc2)C1. The molecule has 4 rings (SSSR count). The first-order valence-electron chi connectivity index (χ1n) is 12.1. The number of carbonyl (C=O) groups excluding carboxylic acids is 1. The highest BCUT2D eigenvalue weighted by Gasteiger charge is 2.42. The minimum atomic E-state index is -0.820. The summed E-state index contributed by atoms with van der Waals surface area (Å²) in [5, 5.41) is 11.2. The zero-order chi connectivity index (χ0) is 24.5. The van der Waals surface area contributed by atoms with Gasteiger partial charge in [0.2, 0.25) is 0 Å². The van der Waals surface area contributed by atoms with E-state index in [4.69, 9.17) is 14.2 Å². The number of aliphatic hydroxyl groups excluding tert-OH is 1. The molecule has 0 fully saturated rings. The van der Waals surface area contributed by atoms with Gasteiger partial charge in [-0.3, -0.25) is 4.79 Å². The van der Waals surface area contributed by atoms with Crippen LogP contribution in [0.4, 0.5) is 0 Å². The standard InChI is InChI=1S/C30H32O5/c1-2-26(31)25-18-27(33-19-22-12-6-3-7-13-22)29(34-20-23-14-8-4-9-15-23)30(28(25)32)35-21-24-16-10-5-11-17-24/h3-17,27,29-30,32H,2,18-21H2,1H3/t27-,29+,30+/m0/s1. The summed E-state index contributed by atoms with van der Waals surface area (Å²) in [7, 11) is 0. The predicted molar refractivity (Wildman–Crippen MR) is 135 cm³/mol. The van der Waals surface area contributed by atoms with Gasteiger partial charge in [0.1, 0.15) is 18.0 Å². The Kier molecular flexibility index (Phi) is 8.85. The van der Waals surface area contributed by atoms with Gasteiger partial charge in [-0.05, 0) is 16.7 Å². The topological polar surface area (TPSA) is 65.0 Å². The first-order valence-corrected chi connectivity index (χ1v) is 12.1. The van der Waals surface area contributed by atoms with Crippen LogP contribution < -0.4 is 0 Å². The smallest absolute Gasteiger partial charge is 0.162 e. The van der Waals surface area contributed by atoms with Crippen LogP contribution in [0.5, 0.6) is 0 Å². The summed E-state index contributed by atoms with van der Waals surface area (Å²) in [6.45, 7) is 2.78. The van der Waals surface area contributed by atoms with Crippen molar-refractivity contribution in [1.82, 2.24) is 0 Å². The molecule has 1 N–H and O–H groups in total. The highest BCUT2D eigenvalue weighted by atomic mass is 16.6. The van der Waals surface area contributed by atoms with Gasteiger partial charge in [0.05, 0.1) is 25.9 Å². The van der Waals surface area contributed by atoms with Gasteiger partial charge in [-0.2, -0.15) is 0 Å². The molecule has 0 radical (unpaired) electrons. The van der Waals surface area contributed by atoms with Crippen LogP contribution in [0.1, 0.15) is 36.5 Å². The van der Waals surface area contributed by atoms with E-state index in [9.17, 15) is 9.90 Å². The fourth-order valence-corrected chi connectivity index (χ4v) is 4.24.